The van der Waals surface area contributed by atoms with Crippen LogP contribution in [0, 0.1) is 11.3 Å². The summed E-state index contributed by atoms with van der Waals surface area (Å²) >= 11 is 1.39. The lowest BCUT2D eigenvalue weighted by molar-refractivity contribution is 0.0947. The Bertz CT molecular complexity index is 1180. The molecule has 2 heterocycles. The smallest absolute Gasteiger partial charge is 0.252 e. The normalized spacial score (nSPS) is 10.4. The van der Waals surface area contributed by atoms with Crippen LogP contribution in [0.4, 0.5) is 0 Å². The van der Waals surface area contributed by atoms with Crippen molar-refractivity contribution in [3.63, 3.8) is 0 Å². The Kier molecular flexibility index (Phi) is 5.40. The van der Waals surface area contributed by atoms with Crippen molar-refractivity contribution in [1.29, 1.82) is 5.26 Å². The first-order valence-electron chi connectivity index (χ1n) is 8.74. The van der Waals surface area contributed by atoms with E-state index in [0.29, 0.717) is 28.5 Å². The number of amides is 1. The number of hydrogen-bond acceptors (Lipinski definition) is 6. The van der Waals surface area contributed by atoms with Gasteiger partial charge in [0, 0.05) is 9.79 Å². The molecule has 0 bridgehead atoms. The first-order chi connectivity index (χ1) is 14.2. The fourth-order valence-electron chi connectivity index (χ4n) is 2.66. The van der Waals surface area contributed by atoms with Crippen LogP contribution in [-0.4, -0.2) is 21.1 Å². The third-order valence-electron chi connectivity index (χ3n) is 4.05. The Morgan fingerprint density at radius 1 is 1.10 bits per heavy atom. The van der Waals surface area contributed by atoms with Gasteiger partial charge in [0.15, 0.2) is 5.76 Å². The molecule has 0 aliphatic rings. The molecule has 0 fully saturated rings. The van der Waals surface area contributed by atoms with Crippen LogP contribution < -0.4 is 5.32 Å². The van der Waals surface area contributed by atoms with E-state index in [1.54, 1.807) is 36.6 Å². The molecule has 0 spiro atoms. The number of aromatic nitrogens is 3. The summed E-state index contributed by atoms with van der Waals surface area (Å²) in [7, 11) is 0. The second-order valence-corrected chi connectivity index (χ2v) is 7.06. The van der Waals surface area contributed by atoms with Gasteiger partial charge in [0.2, 0.25) is 5.82 Å². The van der Waals surface area contributed by atoms with Crippen molar-refractivity contribution in [2.24, 2.45) is 0 Å². The summed E-state index contributed by atoms with van der Waals surface area (Å²) in [5, 5.41) is 19.0. The maximum Gasteiger partial charge on any atom is 0.252 e. The van der Waals surface area contributed by atoms with Crippen LogP contribution >= 0.6 is 11.8 Å². The number of aromatic amines is 1. The van der Waals surface area contributed by atoms with Crippen LogP contribution in [-0.2, 0) is 6.54 Å². The molecule has 0 atom stereocenters. The SMILES string of the molecule is N#Cc1ccccc1Sc1ccccc1C(=O)NCc1nc(-c2ccco2)n[nH]1. The van der Waals surface area contributed by atoms with E-state index in [1.165, 1.54) is 11.8 Å². The fraction of sp³-hybridized carbons (Fsp3) is 0.0476. The van der Waals surface area contributed by atoms with Gasteiger partial charge in [0.05, 0.1) is 23.9 Å². The van der Waals surface area contributed by atoms with E-state index in [0.717, 1.165) is 9.79 Å². The Balaban J connectivity index is 1.48. The van der Waals surface area contributed by atoms with Crippen LogP contribution in [0.15, 0.2) is 81.1 Å². The van der Waals surface area contributed by atoms with E-state index >= 15 is 0 Å². The second-order valence-electron chi connectivity index (χ2n) is 5.97. The quantitative estimate of drug-likeness (QED) is 0.505. The summed E-state index contributed by atoms with van der Waals surface area (Å²) in [5.41, 5.74) is 1.09. The summed E-state index contributed by atoms with van der Waals surface area (Å²) in [4.78, 5) is 18.6. The summed E-state index contributed by atoms with van der Waals surface area (Å²) < 4.78 is 5.26. The average molecular weight is 401 g/mol. The van der Waals surface area contributed by atoms with Gasteiger partial charge in [-0.2, -0.15) is 5.26 Å². The summed E-state index contributed by atoms with van der Waals surface area (Å²) in [5.74, 6) is 1.27. The van der Waals surface area contributed by atoms with Gasteiger partial charge >= 0.3 is 0 Å². The van der Waals surface area contributed by atoms with Gasteiger partial charge in [-0.1, -0.05) is 36.0 Å². The largest absolute Gasteiger partial charge is 0.461 e. The highest BCUT2D eigenvalue weighted by Gasteiger charge is 2.14. The molecule has 2 N–H and O–H groups in total. The molecule has 0 aliphatic heterocycles. The Morgan fingerprint density at radius 2 is 1.90 bits per heavy atom. The van der Waals surface area contributed by atoms with E-state index < -0.39 is 0 Å². The maximum absolute atomic E-state index is 12.7. The number of carbonyl (C=O) groups excluding carboxylic acids is 1. The van der Waals surface area contributed by atoms with Gasteiger partial charge in [-0.05, 0) is 36.4 Å². The number of benzene rings is 2. The zero-order chi connectivity index (χ0) is 20.1. The second kappa shape index (κ2) is 8.46. The van der Waals surface area contributed by atoms with Gasteiger partial charge in [-0.25, -0.2) is 4.98 Å². The molecule has 29 heavy (non-hydrogen) atoms. The van der Waals surface area contributed by atoms with Crippen molar-refractivity contribution in [3.8, 4) is 17.7 Å². The highest BCUT2D eigenvalue weighted by molar-refractivity contribution is 7.99. The minimum absolute atomic E-state index is 0.195. The number of rotatable bonds is 6. The number of carbonyl (C=O) groups is 1. The molecule has 4 aromatic rings. The van der Waals surface area contributed by atoms with Crippen molar-refractivity contribution in [3.05, 3.63) is 83.9 Å². The highest BCUT2D eigenvalue weighted by atomic mass is 32.2. The number of H-pyrrole nitrogens is 1. The molecule has 8 heteroatoms. The van der Waals surface area contributed by atoms with Gasteiger partial charge in [0.1, 0.15) is 11.9 Å². The Hall–Kier alpha value is -3.83. The topological polar surface area (TPSA) is 108 Å². The molecule has 142 valence electrons. The summed E-state index contributed by atoms with van der Waals surface area (Å²) in [6.45, 7) is 0.195. The lowest BCUT2D eigenvalue weighted by Crippen LogP contribution is -2.24. The first kappa shape index (κ1) is 18.5. The molecule has 7 nitrogen and oxygen atoms in total. The first-order valence-corrected chi connectivity index (χ1v) is 9.55. The number of nitriles is 1. The van der Waals surface area contributed by atoms with Crippen LogP contribution in [0.1, 0.15) is 21.7 Å². The lowest BCUT2D eigenvalue weighted by Gasteiger charge is -2.10. The highest BCUT2D eigenvalue weighted by Crippen LogP contribution is 2.32. The molecule has 2 aromatic heterocycles. The molecule has 1 amide bonds. The van der Waals surface area contributed by atoms with Gasteiger partial charge in [0.25, 0.3) is 5.91 Å². The predicted molar refractivity (Wildman–Crippen MR) is 107 cm³/mol. The zero-order valence-corrected chi connectivity index (χ0v) is 15.9. The number of furan rings is 1. The minimum atomic E-state index is -0.238. The Morgan fingerprint density at radius 3 is 2.69 bits per heavy atom. The van der Waals surface area contributed by atoms with Crippen LogP contribution in [0.3, 0.4) is 0 Å². The molecule has 0 aliphatic carbocycles. The van der Waals surface area contributed by atoms with E-state index in [2.05, 4.69) is 26.6 Å². The number of nitrogens with one attached hydrogen (secondary N) is 2. The van der Waals surface area contributed by atoms with Gasteiger partial charge in [-0.15, -0.1) is 5.10 Å². The molecule has 0 saturated heterocycles. The number of hydrogen-bond donors (Lipinski definition) is 2. The maximum atomic E-state index is 12.7. The summed E-state index contributed by atoms with van der Waals surface area (Å²) in [6.07, 6.45) is 1.55. The average Bonchev–Trinajstić information content (AvgIpc) is 3.45. The molecular weight excluding hydrogens is 386 g/mol. The van der Waals surface area contributed by atoms with E-state index in [9.17, 15) is 10.1 Å². The Labute approximate surface area is 170 Å². The minimum Gasteiger partial charge on any atom is -0.461 e. The van der Waals surface area contributed by atoms with Crippen LogP contribution in [0.5, 0.6) is 0 Å². The van der Waals surface area contributed by atoms with Crippen molar-refractivity contribution in [2.75, 3.05) is 0 Å². The molecule has 0 unspecified atom stereocenters. The number of nitrogens with zero attached hydrogens (tertiary/aromatic N) is 3. The van der Waals surface area contributed by atoms with E-state index in [1.807, 2.05) is 30.3 Å². The van der Waals surface area contributed by atoms with Crippen molar-refractivity contribution < 1.29 is 9.21 Å². The molecule has 2 aromatic carbocycles. The van der Waals surface area contributed by atoms with Gasteiger partial charge in [-0.3, -0.25) is 9.89 Å². The van der Waals surface area contributed by atoms with E-state index in [4.69, 9.17) is 4.42 Å². The van der Waals surface area contributed by atoms with Crippen molar-refractivity contribution in [2.45, 2.75) is 16.3 Å². The predicted octanol–water partition coefficient (Wildman–Crippen LogP) is 4.02. The molecule has 0 saturated carbocycles. The van der Waals surface area contributed by atoms with E-state index in [-0.39, 0.29) is 12.5 Å². The molecular formula is C21H15N5O2S. The molecule has 4 rings (SSSR count). The van der Waals surface area contributed by atoms with Gasteiger partial charge < -0.3 is 9.73 Å². The zero-order valence-electron chi connectivity index (χ0n) is 15.1. The monoisotopic (exact) mass is 401 g/mol. The third kappa shape index (κ3) is 4.20. The lowest BCUT2D eigenvalue weighted by atomic mass is 10.2. The third-order valence-corrected chi connectivity index (χ3v) is 5.20. The standard InChI is InChI=1S/C21H15N5O2S/c22-12-14-6-1-3-9-17(14)29-18-10-4-2-7-15(18)21(27)23-13-19-24-20(26-25-19)16-8-5-11-28-16/h1-11H,13H2,(H,23,27)(H,24,25,26). The van der Waals surface area contributed by atoms with Crippen LogP contribution in [0.25, 0.3) is 11.6 Å². The summed E-state index contributed by atoms with van der Waals surface area (Å²) in [6, 6.07) is 20.3. The molecule has 0 radical (unpaired) electrons. The van der Waals surface area contributed by atoms with Crippen LogP contribution in [0.2, 0.25) is 0 Å². The van der Waals surface area contributed by atoms with Crippen molar-refractivity contribution in [1.82, 2.24) is 20.5 Å². The fourth-order valence-corrected chi connectivity index (χ4v) is 3.68. The van der Waals surface area contributed by atoms with Crippen molar-refractivity contribution >= 4 is 17.7 Å².